The molecule has 0 fully saturated rings. The molecule has 31 heavy (non-hydrogen) atoms. The molecule has 2 N–H and O–H groups in total. The fourth-order valence-corrected chi connectivity index (χ4v) is 3.65. The summed E-state index contributed by atoms with van der Waals surface area (Å²) in [5, 5.41) is 13.3. The predicted molar refractivity (Wildman–Crippen MR) is 114 cm³/mol. The Kier molecular flexibility index (Phi) is 15.8. The van der Waals surface area contributed by atoms with E-state index >= 15 is 0 Å². The van der Waals surface area contributed by atoms with E-state index in [0.29, 0.717) is 12.2 Å². The number of unbranched alkanes of at least 4 members (excludes halogenated alkanes) is 9. The van der Waals surface area contributed by atoms with E-state index in [-0.39, 0.29) is 0 Å². The standard InChI is InChI=1S/C21H37O9P/c1-3-4-5-6-7-8-9-10-11-15-18-21(19(2)27-31(22,23)24)26-29-30-28-25-20-16-13-12-14-17-20/h12-14,16-17,19,21H,3-11,15,18H2,1-2H3,(H2,22,23,24). The van der Waals surface area contributed by atoms with Gasteiger partial charge < -0.3 is 14.7 Å². The molecule has 180 valence electrons. The van der Waals surface area contributed by atoms with E-state index in [4.69, 9.17) is 24.1 Å². The molecule has 10 heteroatoms. The van der Waals surface area contributed by atoms with Crippen molar-refractivity contribution < 1.29 is 43.8 Å². The first kappa shape index (κ1) is 28.0. The minimum absolute atomic E-state index is 0.395. The average Bonchev–Trinajstić information content (AvgIpc) is 2.72. The quantitative estimate of drug-likeness (QED) is 0.104. The van der Waals surface area contributed by atoms with Crippen molar-refractivity contribution in [3.05, 3.63) is 30.3 Å². The highest BCUT2D eigenvalue weighted by atomic mass is 31.2. The largest absolute Gasteiger partial charge is 0.469 e. The molecule has 0 aromatic heterocycles. The van der Waals surface area contributed by atoms with Gasteiger partial charge in [-0.15, -0.1) is 0 Å². The van der Waals surface area contributed by atoms with Gasteiger partial charge in [-0.1, -0.05) is 89.3 Å². The van der Waals surface area contributed by atoms with E-state index in [1.54, 1.807) is 24.3 Å². The molecule has 0 aliphatic carbocycles. The lowest BCUT2D eigenvalue weighted by atomic mass is 10.0. The maximum atomic E-state index is 11.1. The van der Waals surface area contributed by atoms with Crippen molar-refractivity contribution in [2.45, 2.75) is 96.7 Å². The molecule has 0 saturated heterocycles. The Balaban J connectivity index is 2.23. The minimum atomic E-state index is -4.66. The lowest BCUT2D eigenvalue weighted by molar-refractivity contribution is -0.697. The number of phosphoric ester groups is 1. The Morgan fingerprint density at radius 3 is 2.00 bits per heavy atom. The summed E-state index contributed by atoms with van der Waals surface area (Å²) in [4.78, 5) is 28.0. The van der Waals surface area contributed by atoms with Crippen LogP contribution < -0.4 is 4.89 Å². The van der Waals surface area contributed by atoms with E-state index in [1.807, 2.05) is 6.07 Å². The van der Waals surface area contributed by atoms with Gasteiger partial charge in [-0.2, -0.15) is 4.89 Å². The molecule has 1 rings (SSSR count). The third kappa shape index (κ3) is 16.3. The SMILES string of the molecule is CCCCCCCCCCCCC(OOOOOc1ccccc1)C(C)OP(=O)(O)O. The summed E-state index contributed by atoms with van der Waals surface area (Å²) in [6, 6.07) is 8.61. The van der Waals surface area contributed by atoms with Crippen LogP contribution in [0.3, 0.4) is 0 Å². The van der Waals surface area contributed by atoms with E-state index in [2.05, 4.69) is 22.0 Å². The van der Waals surface area contributed by atoms with Gasteiger partial charge in [-0.25, -0.2) is 4.57 Å². The van der Waals surface area contributed by atoms with Gasteiger partial charge >= 0.3 is 7.82 Å². The van der Waals surface area contributed by atoms with Crippen molar-refractivity contribution in [1.82, 2.24) is 0 Å². The molecule has 0 aliphatic rings. The topological polar surface area (TPSA) is 113 Å². The Bertz CT molecular complexity index is 581. The summed E-state index contributed by atoms with van der Waals surface area (Å²) >= 11 is 0. The van der Waals surface area contributed by atoms with Crippen molar-refractivity contribution in [3.63, 3.8) is 0 Å². The highest BCUT2D eigenvalue weighted by Crippen LogP contribution is 2.39. The molecule has 2 atom stereocenters. The van der Waals surface area contributed by atoms with E-state index in [0.717, 1.165) is 19.3 Å². The van der Waals surface area contributed by atoms with Crippen molar-refractivity contribution in [2.24, 2.45) is 0 Å². The van der Waals surface area contributed by atoms with Crippen molar-refractivity contribution in [1.29, 1.82) is 0 Å². The second kappa shape index (κ2) is 17.5. The van der Waals surface area contributed by atoms with Gasteiger partial charge in [-0.3, -0.25) is 4.52 Å². The summed E-state index contributed by atoms with van der Waals surface area (Å²) in [5.41, 5.74) is 0. The summed E-state index contributed by atoms with van der Waals surface area (Å²) < 4.78 is 15.8. The van der Waals surface area contributed by atoms with Crippen LogP contribution in [0.5, 0.6) is 5.75 Å². The first-order chi connectivity index (χ1) is 14.9. The monoisotopic (exact) mass is 464 g/mol. The fourth-order valence-electron chi connectivity index (χ4n) is 3.09. The van der Waals surface area contributed by atoms with E-state index in [1.165, 1.54) is 51.9 Å². The third-order valence-corrected chi connectivity index (χ3v) is 5.37. The molecule has 0 bridgehead atoms. The zero-order chi connectivity index (χ0) is 22.8. The molecule has 0 aliphatic heterocycles. The van der Waals surface area contributed by atoms with Crippen molar-refractivity contribution >= 4 is 7.82 Å². The highest BCUT2D eigenvalue weighted by molar-refractivity contribution is 7.46. The van der Waals surface area contributed by atoms with Crippen molar-refractivity contribution in [3.8, 4) is 5.75 Å². The van der Waals surface area contributed by atoms with Gasteiger partial charge in [-0.05, 0) is 30.5 Å². The predicted octanol–water partition coefficient (Wildman–Crippen LogP) is 5.97. The zero-order valence-corrected chi connectivity index (χ0v) is 19.4. The fraction of sp³-hybridized carbons (Fsp3) is 0.714. The van der Waals surface area contributed by atoms with Gasteiger partial charge in [0.15, 0.2) is 5.75 Å². The number of hydrogen-bond donors (Lipinski definition) is 2. The lowest BCUT2D eigenvalue weighted by Gasteiger charge is -2.22. The van der Waals surface area contributed by atoms with Crippen LogP contribution >= 0.6 is 7.82 Å². The molecule has 1 aromatic rings. The van der Waals surface area contributed by atoms with Crippen LogP contribution in [0, 0.1) is 0 Å². The molecule has 0 saturated carbocycles. The summed E-state index contributed by atoms with van der Waals surface area (Å²) in [5.74, 6) is 0.395. The van der Waals surface area contributed by atoms with Crippen LogP contribution in [0.4, 0.5) is 0 Å². The number of hydrogen-bond acceptors (Lipinski definition) is 7. The maximum absolute atomic E-state index is 11.1. The zero-order valence-electron chi connectivity index (χ0n) is 18.5. The Morgan fingerprint density at radius 2 is 1.42 bits per heavy atom. The third-order valence-electron chi connectivity index (χ3n) is 4.76. The minimum Gasteiger partial charge on any atom is -0.306 e. The molecular weight excluding hydrogens is 427 g/mol. The Labute approximate surface area is 184 Å². The maximum Gasteiger partial charge on any atom is 0.469 e. The average molecular weight is 464 g/mol. The van der Waals surface area contributed by atoms with E-state index in [9.17, 15) is 4.57 Å². The Morgan fingerprint density at radius 1 is 0.839 bits per heavy atom. The molecule has 0 heterocycles. The van der Waals surface area contributed by atoms with Crippen LogP contribution in [-0.2, 0) is 29.1 Å². The summed E-state index contributed by atoms with van der Waals surface area (Å²) in [6.07, 6.45) is 10.5. The number of rotatable bonds is 20. The Hall–Kier alpha value is -1.03. The van der Waals surface area contributed by atoms with Gasteiger partial charge in [0.2, 0.25) is 0 Å². The first-order valence-electron chi connectivity index (χ1n) is 11.0. The molecule has 9 nitrogen and oxygen atoms in total. The molecule has 0 radical (unpaired) electrons. The molecule has 0 spiro atoms. The van der Waals surface area contributed by atoms with Crippen LogP contribution in [-0.4, -0.2) is 22.0 Å². The molecule has 2 unspecified atom stereocenters. The first-order valence-corrected chi connectivity index (χ1v) is 12.6. The van der Waals surface area contributed by atoms with Gasteiger partial charge in [0.05, 0.1) is 6.10 Å². The summed E-state index contributed by atoms with van der Waals surface area (Å²) in [6.45, 7) is 3.70. The van der Waals surface area contributed by atoms with Gasteiger partial charge in [0.1, 0.15) is 6.10 Å². The van der Waals surface area contributed by atoms with Crippen LogP contribution in [0.25, 0.3) is 0 Å². The van der Waals surface area contributed by atoms with E-state index < -0.39 is 20.0 Å². The summed E-state index contributed by atoms with van der Waals surface area (Å²) in [7, 11) is -4.66. The smallest absolute Gasteiger partial charge is 0.306 e. The lowest BCUT2D eigenvalue weighted by Crippen LogP contribution is -2.29. The second-order valence-corrected chi connectivity index (χ2v) is 8.70. The van der Waals surface area contributed by atoms with Crippen molar-refractivity contribution in [2.75, 3.05) is 0 Å². The normalized spacial score (nSPS) is 13.8. The number of phosphoric acid groups is 1. The second-order valence-electron chi connectivity index (χ2n) is 7.51. The van der Waals surface area contributed by atoms with Crippen LogP contribution in [0.1, 0.15) is 84.5 Å². The number of benzene rings is 1. The van der Waals surface area contributed by atoms with Gasteiger partial charge in [0.25, 0.3) is 0 Å². The molecule has 1 aromatic carbocycles. The highest BCUT2D eigenvalue weighted by Gasteiger charge is 2.27. The molecule has 0 amide bonds. The van der Waals surface area contributed by atoms with Gasteiger partial charge in [0, 0.05) is 10.1 Å². The molecular formula is C21H37O9P. The van der Waals surface area contributed by atoms with Crippen LogP contribution in [0.15, 0.2) is 30.3 Å². The van der Waals surface area contributed by atoms with Crippen LogP contribution in [0.2, 0.25) is 0 Å². The number of para-hydroxylation sites is 1.